The summed E-state index contributed by atoms with van der Waals surface area (Å²) in [4.78, 5) is 11.8. The summed E-state index contributed by atoms with van der Waals surface area (Å²) in [6, 6.07) is 8.60. The molecule has 0 spiro atoms. The molecule has 1 fully saturated rings. The second kappa shape index (κ2) is 6.55. The molecule has 0 bridgehead atoms. The molecule has 1 aliphatic rings. The van der Waals surface area contributed by atoms with Gasteiger partial charge in [-0.3, -0.25) is 4.79 Å². The summed E-state index contributed by atoms with van der Waals surface area (Å²) in [5.41, 5.74) is 1.27. The van der Waals surface area contributed by atoms with Gasteiger partial charge in [0.1, 0.15) is 0 Å². The molecular weight excluding hydrogens is 288 g/mol. The molecule has 1 heterocycles. The zero-order valence-electron chi connectivity index (χ0n) is 11.5. The Morgan fingerprint density at radius 2 is 2.24 bits per heavy atom. The summed E-state index contributed by atoms with van der Waals surface area (Å²) >= 11 is 0. The smallest absolute Gasteiger partial charge is 0.244 e. The number of sulfone groups is 1. The molecule has 110 valence electrons. The van der Waals surface area contributed by atoms with Crippen LogP contribution in [0.2, 0.25) is 0 Å². The van der Waals surface area contributed by atoms with Crippen LogP contribution in [0.4, 0.5) is 0 Å². The Morgan fingerprint density at radius 3 is 2.95 bits per heavy atom. The third-order valence-electron chi connectivity index (χ3n) is 3.25. The molecule has 0 saturated carbocycles. The van der Waals surface area contributed by atoms with E-state index in [-0.39, 0.29) is 23.5 Å². The van der Waals surface area contributed by atoms with E-state index in [2.05, 4.69) is 5.32 Å². The molecule has 1 amide bonds. The SMILES string of the molecule is N#Cc1cccc(/C=C/C(=O)N[C@@H]2CCCS(=O)(=O)C2)c1. The topological polar surface area (TPSA) is 87.0 Å². The van der Waals surface area contributed by atoms with E-state index in [9.17, 15) is 13.2 Å². The first-order valence-electron chi connectivity index (χ1n) is 6.68. The van der Waals surface area contributed by atoms with E-state index in [1.165, 1.54) is 6.08 Å². The molecule has 1 saturated heterocycles. The van der Waals surface area contributed by atoms with Gasteiger partial charge in [-0.15, -0.1) is 0 Å². The van der Waals surface area contributed by atoms with Crippen LogP contribution in [-0.4, -0.2) is 31.9 Å². The summed E-state index contributed by atoms with van der Waals surface area (Å²) in [6.07, 6.45) is 4.23. The van der Waals surface area contributed by atoms with Crippen molar-refractivity contribution in [2.75, 3.05) is 11.5 Å². The highest BCUT2D eigenvalue weighted by molar-refractivity contribution is 7.91. The van der Waals surface area contributed by atoms with E-state index < -0.39 is 9.84 Å². The van der Waals surface area contributed by atoms with Gasteiger partial charge in [-0.05, 0) is 36.6 Å². The van der Waals surface area contributed by atoms with Gasteiger partial charge in [0.15, 0.2) is 9.84 Å². The van der Waals surface area contributed by atoms with Crippen LogP contribution in [0.1, 0.15) is 24.0 Å². The second-order valence-corrected chi connectivity index (χ2v) is 7.26. The van der Waals surface area contributed by atoms with Crippen molar-refractivity contribution in [3.63, 3.8) is 0 Å². The van der Waals surface area contributed by atoms with Crippen molar-refractivity contribution in [1.82, 2.24) is 5.32 Å². The van der Waals surface area contributed by atoms with Gasteiger partial charge in [0.25, 0.3) is 0 Å². The molecule has 2 rings (SSSR count). The van der Waals surface area contributed by atoms with Crippen LogP contribution in [-0.2, 0) is 14.6 Å². The van der Waals surface area contributed by atoms with Crippen LogP contribution in [0, 0.1) is 11.3 Å². The Bertz CT molecular complexity index is 702. The molecule has 1 aromatic rings. The molecule has 0 aliphatic carbocycles. The van der Waals surface area contributed by atoms with Crippen LogP contribution >= 0.6 is 0 Å². The first kappa shape index (κ1) is 15.3. The standard InChI is InChI=1S/C15H16N2O3S/c16-10-13-4-1-3-12(9-13)6-7-15(18)17-14-5-2-8-21(19,20)11-14/h1,3-4,6-7,9,14H,2,5,8,11H2,(H,17,18)/b7-6+/t14-/m1/s1. The Kier molecular flexibility index (Phi) is 4.76. The van der Waals surface area contributed by atoms with Crippen molar-refractivity contribution in [1.29, 1.82) is 5.26 Å². The lowest BCUT2D eigenvalue weighted by molar-refractivity contribution is -0.117. The lowest BCUT2D eigenvalue weighted by Gasteiger charge is -2.22. The minimum atomic E-state index is -3.03. The van der Waals surface area contributed by atoms with Crippen molar-refractivity contribution < 1.29 is 13.2 Å². The molecule has 0 unspecified atom stereocenters. The van der Waals surface area contributed by atoms with Crippen LogP contribution in [0.5, 0.6) is 0 Å². The van der Waals surface area contributed by atoms with Crippen LogP contribution in [0.25, 0.3) is 6.08 Å². The van der Waals surface area contributed by atoms with Gasteiger partial charge in [-0.2, -0.15) is 5.26 Å². The molecule has 1 N–H and O–H groups in total. The van der Waals surface area contributed by atoms with Crippen LogP contribution in [0.15, 0.2) is 30.3 Å². The van der Waals surface area contributed by atoms with Gasteiger partial charge in [-0.25, -0.2) is 8.42 Å². The summed E-state index contributed by atoms with van der Waals surface area (Å²) in [5.74, 6) is -0.105. The lowest BCUT2D eigenvalue weighted by atomic mass is 10.1. The molecule has 6 heteroatoms. The molecule has 21 heavy (non-hydrogen) atoms. The van der Waals surface area contributed by atoms with E-state index in [4.69, 9.17) is 5.26 Å². The number of carbonyl (C=O) groups excluding carboxylic acids is 1. The van der Waals surface area contributed by atoms with E-state index in [0.717, 1.165) is 5.56 Å². The van der Waals surface area contributed by atoms with E-state index in [0.29, 0.717) is 18.4 Å². The van der Waals surface area contributed by atoms with Crippen molar-refractivity contribution in [2.45, 2.75) is 18.9 Å². The quantitative estimate of drug-likeness (QED) is 0.852. The van der Waals surface area contributed by atoms with Gasteiger partial charge < -0.3 is 5.32 Å². The lowest BCUT2D eigenvalue weighted by Crippen LogP contribution is -2.42. The molecule has 0 radical (unpaired) electrons. The summed E-state index contributed by atoms with van der Waals surface area (Å²) in [7, 11) is -3.03. The average molecular weight is 304 g/mol. The summed E-state index contributed by atoms with van der Waals surface area (Å²) < 4.78 is 23.0. The summed E-state index contributed by atoms with van der Waals surface area (Å²) in [5, 5.41) is 11.5. The maximum atomic E-state index is 11.8. The van der Waals surface area contributed by atoms with Gasteiger partial charge in [-0.1, -0.05) is 12.1 Å². The third-order valence-corrected chi connectivity index (χ3v) is 5.07. The number of rotatable bonds is 3. The first-order valence-corrected chi connectivity index (χ1v) is 8.50. The number of hydrogen-bond acceptors (Lipinski definition) is 4. The highest BCUT2D eigenvalue weighted by Gasteiger charge is 2.25. The Morgan fingerprint density at radius 1 is 1.43 bits per heavy atom. The van der Waals surface area contributed by atoms with Crippen molar-refractivity contribution in [2.24, 2.45) is 0 Å². The molecule has 1 aromatic carbocycles. The molecular formula is C15H16N2O3S. The number of benzene rings is 1. The Balaban J connectivity index is 1.95. The Labute approximate surface area is 124 Å². The number of nitriles is 1. The van der Waals surface area contributed by atoms with Crippen molar-refractivity contribution in [3.8, 4) is 6.07 Å². The number of nitrogens with one attached hydrogen (secondary N) is 1. The highest BCUT2D eigenvalue weighted by atomic mass is 32.2. The summed E-state index contributed by atoms with van der Waals surface area (Å²) in [6.45, 7) is 0. The third kappa shape index (κ3) is 4.72. The van der Waals surface area contributed by atoms with Gasteiger partial charge in [0.2, 0.25) is 5.91 Å². The zero-order chi connectivity index (χ0) is 15.3. The fourth-order valence-corrected chi connectivity index (χ4v) is 3.91. The number of hydrogen-bond donors (Lipinski definition) is 1. The minimum Gasteiger partial charge on any atom is -0.349 e. The normalized spacial score (nSPS) is 20.8. The fourth-order valence-electron chi connectivity index (χ4n) is 2.27. The van der Waals surface area contributed by atoms with E-state index >= 15 is 0 Å². The molecule has 5 nitrogen and oxygen atoms in total. The maximum Gasteiger partial charge on any atom is 0.244 e. The zero-order valence-corrected chi connectivity index (χ0v) is 12.3. The Hall–Kier alpha value is -2.13. The van der Waals surface area contributed by atoms with Crippen molar-refractivity contribution in [3.05, 3.63) is 41.5 Å². The maximum absolute atomic E-state index is 11.8. The fraction of sp³-hybridized carbons (Fsp3) is 0.333. The largest absolute Gasteiger partial charge is 0.349 e. The van der Waals surface area contributed by atoms with Crippen LogP contribution in [0.3, 0.4) is 0 Å². The average Bonchev–Trinajstić information content (AvgIpc) is 2.44. The predicted molar refractivity (Wildman–Crippen MR) is 80.0 cm³/mol. The molecule has 0 aromatic heterocycles. The number of amides is 1. The molecule has 1 atom stereocenters. The van der Waals surface area contributed by atoms with Gasteiger partial charge >= 0.3 is 0 Å². The van der Waals surface area contributed by atoms with E-state index in [1.54, 1.807) is 30.3 Å². The number of carbonyl (C=O) groups is 1. The minimum absolute atomic E-state index is 0.0104. The van der Waals surface area contributed by atoms with Gasteiger partial charge in [0.05, 0.1) is 23.1 Å². The van der Waals surface area contributed by atoms with Crippen molar-refractivity contribution >= 4 is 21.8 Å². The van der Waals surface area contributed by atoms with E-state index in [1.807, 2.05) is 6.07 Å². The molecule has 1 aliphatic heterocycles. The second-order valence-electron chi connectivity index (χ2n) is 5.03. The van der Waals surface area contributed by atoms with Crippen LogP contribution < -0.4 is 5.32 Å². The first-order chi connectivity index (χ1) is 9.98. The van der Waals surface area contributed by atoms with Gasteiger partial charge in [0, 0.05) is 12.1 Å². The monoisotopic (exact) mass is 304 g/mol. The predicted octanol–water partition coefficient (Wildman–Crippen LogP) is 1.26. The highest BCUT2D eigenvalue weighted by Crippen LogP contribution is 2.12. The number of nitrogens with zero attached hydrogens (tertiary/aromatic N) is 1.